The van der Waals surface area contributed by atoms with Gasteiger partial charge >= 0.3 is 0 Å². The van der Waals surface area contributed by atoms with Crippen LogP contribution in [0.5, 0.6) is 0 Å². The van der Waals surface area contributed by atoms with E-state index in [-0.39, 0.29) is 66.9 Å². The minimum absolute atomic E-state index is 0. The molecule has 0 amide bonds. The molecule has 0 spiro atoms. The van der Waals surface area contributed by atoms with Crippen molar-refractivity contribution in [1.29, 1.82) is 0 Å². The molecule has 4 aromatic rings. The van der Waals surface area contributed by atoms with Gasteiger partial charge in [-0.1, -0.05) is 24.3 Å². The van der Waals surface area contributed by atoms with E-state index >= 15 is 0 Å². The maximum atomic E-state index is 5.16. The average molecular weight is 866 g/mol. The number of rotatable bonds is 3. The van der Waals surface area contributed by atoms with Crippen molar-refractivity contribution in [2.24, 2.45) is 11.5 Å². The third kappa shape index (κ3) is 40.8. The quantitative estimate of drug-likeness (QED) is 0.232. The first-order chi connectivity index (χ1) is 14.9. The van der Waals surface area contributed by atoms with E-state index in [9.17, 15) is 0 Å². The molecule has 10 heteroatoms. The topological polar surface area (TPSA) is 104 Å². The van der Waals surface area contributed by atoms with Gasteiger partial charge in [-0.2, -0.15) is 0 Å². The molecule has 4 rings (SSSR count). The van der Waals surface area contributed by atoms with Gasteiger partial charge in [0.15, 0.2) is 0 Å². The Balaban J connectivity index is -0.000000100. The molecule has 0 radical (unpaired) electrons. The fourth-order valence-electron chi connectivity index (χ4n) is 1.54. The van der Waals surface area contributed by atoms with Crippen molar-refractivity contribution in [3.8, 4) is 0 Å². The minimum Gasteiger partial charge on any atom is -1.00 e. The van der Waals surface area contributed by atoms with Crippen LogP contribution in [0, 0.1) is 0 Å². The second kappa shape index (κ2) is 41.7. The maximum Gasteiger partial charge on any atom is 0.0267 e. The van der Waals surface area contributed by atoms with Gasteiger partial charge in [-0.25, -0.2) is 0 Å². The fourth-order valence-corrected chi connectivity index (χ4v) is 1.54. The van der Waals surface area contributed by atoms with E-state index in [1.165, 1.54) is 0 Å². The minimum atomic E-state index is 0. The molecule has 0 atom stereocenters. The Bertz CT molecular complexity index is 513. The number of hydrogen-bond acceptors (Lipinski definition) is 6. The summed E-state index contributed by atoms with van der Waals surface area (Å²) >= 11 is 0. The summed E-state index contributed by atoms with van der Waals surface area (Å²) < 4.78 is 0. The zero-order valence-corrected chi connectivity index (χ0v) is 24.8. The summed E-state index contributed by atoms with van der Waals surface area (Å²) in [6.07, 6.45) is 16.1. The molecule has 0 aromatic carbocycles. The third-order valence-electron chi connectivity index (χ3n) is 2.92. The molecule has 4 aromatic heterocycles. The Labute approximate surface area is 245 Å². The summed E-state index contributed by atoms with van der Waals surface area (Å²) in [5, 5.41) is 0. The smallest absolute Gasteiger partial charge is 0.0267 e. The van der Waals surface area contributed by atoms with E-state index < -0.39 is 0 Å². The van der Waals surface area contributed by atoms with Gasteiger partial charge in [0, 0.05) is 91.7 Å². The van der Waals surface area contributed by atoms with Gasteiger partial charge in [0.05, 0.1) is 0 Å². The summed E-state index contributed by atoms with van der Waals surface area (Å²) in [6, 6.07) is 22.9. The van der Waals surface area contributed by atoms with Crippen LogP contribution in [0.3, 0.4) is 0 Å². The molecule has 0 fully saturated rings. The number of hydrogen-bond donors (Lipinski definition) is 2. The predicted octanol–water partition coefficient (Wildman–Crippen LogP) is -1.99. The van der Waals surface area contributed by atoms with E-state index in [0.29, 0.717) is 0 Å². The Morgan fingerprint density at radius 2 is 0.529 bits per heavy atom. The molecular weight excluding hydrogens is 833 g/mol. The number of aromatic nitrogens is 4. The van der Waals surface area contributed by atoms with Crippen molar-refractivity contribution >= 4 is 0 Å². The van der Waals surface area contributed by atoms with Crippen molar-refractivity contribution < 1.29 is 66.9 Å². The van der Waals surface area contributed by atoms with Crippen molar-refractivity contribution in [3.05, 3.63) is 122 Å². The summed E-state index contributed by atoms with van der Waals surface area (Å²) in [6.45, 7) is 1.55. The van der Waals surface area contributed by atoms with Crippen LogP contribution in [0.2, 0.25) is 0 Å². The molecule has 0 aliphatic rings. The molecule has 34 heavy (non-hydrogen) atoms. The first-order valence-corrected chi connectivity index (χ1v) is 9.72. The summed E-state index contributed by atoms with van der Waals surface area (Å²) in [4.78, 5) is 15.1. The summed E-state index contributed by atoms with van der Waals surface area (Å²) in [7, 11) is 0. The normalized spacial score (nSPS) is 7.24. The zero-order chi connectivity index (χ0) is 21.8. The van der Waals surface area contributed by atoms with Crippen molar-refractivity contribution in [1.82, 2.24) is 19.9 Å². The molecule has 0 aliphatic heterocycles. The first kappa shape index (κ1) is 42.6. The van der Waals surface area contributed by atoms with Crippen LogP contribution < -0.4 is 36.3 Å². The fraction of sp³-hybridized carbons (Fsp3) is 0.167. The van der Waals surface area contributed by atoms with E-state index in [1.807, 2.05) is 72.8 Å². The molecule has 0 unspecified atom stereocenters. The number of unbranched alkanes of at least 4 members (excludes halogenated alkanes) is 1. The van der Waals surface area contributed by atoms with Crippen molar-refractivity contribution in [2.45, 2.75) is 12.8 Å². The molecule has 0 bridgehead atoms. The first-order valence-electron chi connectivity index (χ1n) is 9.72. The molecule has 4 heterocycles. The molecule has 0 saturated carbocycles. The van der Waals surface area contributed by atoms with E-state index in [2.05, 4.69) is 19.9 Å². The van der Waals surface area contributed by atoms with Crippen LogP contribution in [-0.2, 0) is 42.1 Å². The third-order valence-corrected chi connectivity index (χ3v) is 2.92. The Morgan fingerprint density at radius 3 is 0.588 bits per heavy atom. The number of nitrogens with two attached hydrogens (primary N) is 2. The maximum absolute atomic E-state index is 5.16. The second-order valence-electron chi connectivity index (χ2n) is 5.38. The van der Waals surface area contributed by atoms with Crippen LogP contribution in [0.15, 0.2) is 122 Å². The van der Waals surface area contributed by atoms with Crippen LogP contribution in [-0.4, -0.2) is 33.0 Å². The monoisotopic (exact) mass is 864 g/mol. The van der Waals surface area contributed by atoms with Crippen molar-refractivity contribution in [3.63, 3.8) is 0 Å². The van der Waals surface area contributed by atoms with Crippen LogP contribution in [0.25, 0.3) is 0 Å². The van der Waals surface area contributed by atoms with E-state index in [4.69, 9.17) is 11.5 Å². The Morgan fingerprint density at radius 1 is 0.353 bits per heavy atom. The Hall–Kier alpha value is -1.52. The number of pyridine rings is 4. The van der Waals surface area contributed by atoms with Crippen LogP contribution in [0.4, 0.5) is 0 Å². The largest absolute Gasteiger partial charge is 1.00 e. The summed E-state index contributed by atoms with van der Waals surface area (Å²) in [5.41, 5.74) is 10.3. The molecule has 0 saturated heterocycles. The van der Waals surface area contributed by atoms with Crippen LogP contribution >= 0.6 is 0 Å². The van der Waals surface area contributed by atoms with Gasteiger partial charge in [-0.15, -0.1) is 0 Å². The number of halogens is 2. The number of nitrogens with zero attached hydrogens (tertiary/aromatic N) is 4. The zero-order valence-electron chi connectivity index (χ0n) is 18.7. The molecular formula is C24H32Cl2N6Pt2-2. The second-order valence-corrected chi connectivity index (χ2v) is 5.38. The molecule has 6 nitrogen and oxygen atoms in total. The SMILES string of the molecule is NCCCCN.[Cl-].[Cl-].[Pt].[Pt].c1ccncc1.c1ccncc1.c1ccncc1.c1ccncc1. The van der Waals surface area contributed by atoms with Crippen molar-refractivity contribution in [2.75, 3.05) is 13.1 Å². The standard InChI is InChI=1S/4C5H5N.C4H12N2.2ClH.2Pt/c4*1-2-4-6-5-3-1;5-3-1-2-4-6;;;;/h4*1-5H;1-6H2;2*1H;;/p-2. The van der Waals surface area contributed by atoms with Gasteiger partial charge in [0.2, 0.25) is 0 Å². The van der Waals surface area contributed by atoms with E-state index in [0.717, 1.165) is 25.9 Å². The van der Waals surface area contributed by atoms with Gasteiger partial charge in [-0.3, -0.25) is 19.9 Å². The van der Waals surface area contributed by atoms with Gasteiger partial charge in [0.25, 0.3) is 0 Å². The molecule has 0 aliphatic carbocycles. The Kier molecular flexibility index (Phi) is 52.3. The van der Waals surface area contributed by atoms with E-state index in [1.54, 1.807) is 49.6 Å². The molecule has 4 N–H and O–H groups in total. The van der Waals surface area contributed by atoms with Gasteiger partial charge in [-0.05, 0) is 74.5 Å². The van der Waals surface area contributed by atoms with Crippen LogP contribution in [0.1, 0.15) is 12.8 Å². The summed E-state index contributed by atoms with van der Waals surface area (Å²) in [5.74, 6) is 0. The van der Waals surface area contributed by atoms with Gasteiger partial charge < -0.3 is 36.3 Å². The van der Waals surface area contributed by atoms with Gasteiger partial charge in [0.1, 0.15) is 0 Å². The average Bonchev–Trinajstić information content (AvgIpc) is 2.88. The predicted molar refractivity (Wildman–Crippen MR) is 124 cm³/mol. The molecule has 194 valence electrons.